The van der Waals surface area contributed by atoms with Gasteiger partial charge in [0, 0.05) is 37.1 Å². The second-order valence-corrected chi connectivity index (χ2v) is 8.79. The van der Waals surface area contributed by atoms with E-state index in [-0.39, 0.29) is 17.7 Å². The Balaban J connectivity index is 1.43. The molecule has 8 heteroatoms. The molecule has 2 saturated heterocycles. The summed E-state index contributed by atoms with van der Waals surface area (Å²) in [5.74, 6) is 0. The molecule has 2 aliphatic rings. The number of nitriles is 1. The van der Waals surface area contributed by atoms with Gasteiger partial charge in [0.25, 0.3) is 5.56 Å². The summed E-state index contributed by atoms with van der Waals surface area (Å²) in [5, 5.41) is 23.1. The molecule has 0 radical (unpaired) electrons. The van der Waals surface area contributed by atoms with Crippen LogP contribution in [0.4, 0.5) is 5.69 Å². The highest BCUT2D eigenvalue weighted by Gasteiger charge is 2.24. The van der Waals surface area contributed by atoms with Crippen LogP contribution < -0.4 is 10.5 Å². The van der Waals surface area contributed by atoms with Crippen LogP contribution in [-0.2, 0) is 6.54 Å². The van der Waals surface area contributed by atoms with E-state index in [1.807, 2.05) is 12.1 Å². The SMILES string of the molecule is N#Cc1ccc(CN2CCC[C@H](n3ncc(N4CCC(O)CC4)cc3=O)C2)s1. The van der Waals surface area contributed by atoms with Gasteiger partial charge in [0.15, 0.2) is 0 Å². The largest absolute Gasteiger partial charge is 0.393 e. The predicted molar refractivity (Wildman–Crippen MR) is 109 cm³/mol. The van der Waals surface area contributed by atoms with Crippen molar-refractivity contribution in [3.8, 4) is 6.07 Å². The standard InChI is InChI=1S/C20H25N5O2S/c21-11-18-3-4-19(28-18)14-23-7-1-2-15(13-23)25-20(27)10-16(12-22-25)24-8-5-17(26)6-9-24/h3-4,10,12,15,17,26H,1-2,5-9,13-14H2/t15-/m0/s1. The highest BCUT2D eigenvalue weighted by molar-refractivity contribution is 7.12. The topological polar surface area (TPSA) is 85.4 Å². The fourth-order valence-corrected chi connectivity index (χ4v) is 4.94. The maximum atomic E-state index is 12.7. The molecule has 7 nitrogen and oxygen atoms in total. The number of rotatable bonds is 4. The summed E-state index contributed by atoms with van der Waals surface area (Å²) in [4.78, 5) is 19.1. The number of nitrogens with zero attached hydrogens (tertiary/aromatic N) is 5. The van der Waals surface area contributed by atoms with Gasteiger partial charge in [-0.1, -0.05) is 0 Å². The normalized spacial score (nSPS) is 21.6. The number of aromatic nitrogens is 2. The second kappa shape index (κ2) is 8.43. The first-order valence-corrected chi connectivity index (χ1v) is 10.7. The molecule has 0 unspecified atom stereocenters. The zero-order chi connectivity index (χ0) is 19.5. The van der Waals surface area contributed by atoms with Crippen LogP contribution in [0, 0.1) is 11.3 Å². The summed E-state index contributed by atoms with van der Waals surface area (Å²) in [6.45, 7) is 4.12. The first-order valence-electron chi connectivity index (χ1n) is 9.85. The van der Waals surface area contributed by atoms with Crippen LogP contribution in [-0.4, -0.2) is 52.1 Å². The highest BCUT2D eigenvalue weighted by Crippen LogP contribution is 2.24. The van der Waals surface area contributed by atoms with Gasteiger partial charge in [-0.2, -0.15) is 10.4 Å². The van der Waals surface area contributed by atoms with Gasteiger partial charge in [-0.3, -0.25) is 9.69 Å². The molecule has 0 aromatic carbocycles. The van der Waals surface area contributed by atoms with Crippen LogP contribution >= 0.6 is 11.3 Å². The van der Waals surface area contributed by atoms with Crippen LogP contribution in [0.25, 0.3) is 0 Å². The number of thiophene rings is 1. The predicted octanol–water partition coefficient (Wildman–Crippen LogP) is 1.97. The Kier molecular flexibility index (Phi) is 5.76. The van der Waals surface area contributed by atoms with Crippen molar-refractivity contribution in [1.82, 2.24) is 14.7 Å². The molecule has 4 rings (SSSR count). The first-order chi connectivity index (χ1) is 13.6. The Bertz CT molecular complexity index is 910. The van der Waals surface area contributed by atoms with Gasteiger partial charge in [-0.15, -0.1) is 11.3 Å². The van der Waals surface area contributed by atoms with Gasteiger partial charge in [0.05, 0.1) is 24.0 Å². The molecule has 2 aromatic heterocycles. The van der Waals surface area contributed by atoms with Crippen molar-refractivity contribution in [2.75, 3.05) is 31.1 Å². The number of aliphatic hydroxyl groups excluding tert-OH is 1. The number of hydrogen-bond donors (Lipinski definition) is 1. The third-order valence-electron chi connectivity index (χ3n) is 5.62. The quantitative estimate of drug-likeness (QED) is 0.846. The van der Waals surface area contributed by atoms with Gasteiger partial charge >= 0.3 is 0 Å². The molecule has 2 fully saturated rings. The molecule has 28 heavy (non-hydrogen) atoms. The molecule has 0 amide bonds. The maximum absolute atomic E-state index is 12.7. The molecular formula is C20H25N5O2S. The van der Waals surface area contributed by atoms with E-state index < -0.39 is 0 Å². The molecule has 2 aliphatic heterocycles. The number of hydrogen-bond acceptors (Lipinski definition) is 7. The minimum absolute atomic E-state index is 0.0571. The molecule has 2 aromatic rings. The van der Waals surface area contributed by atoms with Crippen molar-refractivity contribution >= 4 is 17.0 Å². The third-order valence-corrected chi connectivity index (χ3v) is 6.59. The lowest BCUT2D eigenvalue weighted by Gasteiger charge is -2.33. The lowest BCUT2D eigenvalue weighted by Crippen LogP contribution is -2.41. The van der Waals surface area contributed by atoms with E-state index >= 15 is 0 Å². The van der Waals surface area contributed by atoms with E-state index in [2.05, 4.69) is 21.0 Å². The molecule has 0 spiro atoms. The summed E-state index contributed by atoms with van der Waals surface area (Å²) in [7, 11) is 0. The average molecular weight is 400 g/mol. The van der Waals surface area contributed by atoms with Crippen LogP contribution in [0.2, 0.25) is 0 Å². The van der Waals surface area contributed by atoms with Crippen molar-refractivity contribution in [2.24, 2.45) is 0 Å². The Morgan fingerprint density at radius 2 is 2.07 bits per heavy atom. The summed E-state index contributed by atoms with van der Waals surface area (Å²) in [6.07, 6.45) is 5.00. The lowest BCUT2D eigenvalue weighted by atomic mass is 10.1. The average Bonchev–Trinajstić information content (AvgIpc) is 3.16. The number of piperidine rings is 2. The summed E-state index contributed by atoms with van der Waals surface area (Å²) >= 11 is 1.53. The van der Waals surface area contributed by atoms with E-state index in [9.17, 15) is 9.90 Å². The van der Waals surface area contributed by atoms with E-state index in [0.717, 1.165) is 69.0 Å². The minimum Gasteiger partial charge on any atom is -0.393 e. The first kappa shape index (κ1) is 19.1. The zero-order valence-corrected chi connectivity index (χ0v) is 16.6. The van der Waals surface area contributed by atoms with Gasteiger partial charge in [-0.25, -0.2) is 4.68 Å². The van der Waals surface area contributed by atoms with Gasteiger partial charge in [-0.05, 0) is 44.4 Å². The molecule has 148 valence electrons. The van der Waals surface area contributed by atoms with Crippen LogP contribution in [0.1, 0.15) is 41.5 Å². The van der Waals surface area contributed by atoms with Crippen molar-refractivity contribution in [3.63, 3.8) is 0 Å². The lowest BCUT2D eigenvalue weighted by molar-refractivity contribution is 0.145. The van der Waals surface area contributed by atoms with E-state index in [4.69, 9.17) is 5.26 Å². The van der Waals surface area contributed by atoms with Crippen LogP contribution in [0.5, 0.6) is 0 Å². The second-order valence-electron chi connectivity index (χ2n) is 7.62. The zero-order valence-electron chi connectivity index (χ0n) is 15.8. The fraction of sp³-hybridized carbons (Fsp3) is 0.550. The summed E-state index contributed by atoms with van der Waals surface area (Å²) in [6, 6.07) is 7.83. The molecule has 0 bridgehead atoms. The van der Waals surface area contributed by atoms with Crippen LogP contribution in [0.15, 0.2) is 29.2 Å². The summed E-state index contributed by atoms with van der Waals surface area (Å²) in [5.41, 5.74) is 0.793. The Labute approximate surface area is 168 Å². The summed E-state index contributed by atoms with van der Waals surface area (Å²) < 4.78 is 1.63. The maximum Gasteiger partial charge on any atom is 0.269 e. The van der Waals surface area contributed by atoms with Crippen molar-refractivity contribution in [2.45, 2.75) is 44.4 Å². The fourth-order valence-electron chi connectivity index (χ4n) is 4.10. The molecule has 1 N–H and O–H groups in total. The molecule has 0 saturated carbocycles. The molecule has 0 aliphatic carbocycles. The Hall–Kier alpha value is -2.21. The smallest absolute Gasteiger partial charge is 0.269 e. The van der Waals surface area contributed by atoms with Crippen molar-refractivity contribution in [3.05, 3.63) is 44.5 Å². The highest BCUT2D eigenvalue weighted by atomic mass is 32.1. The molecular weight excluding hydrogens is 374 g/mol. The van der Waals surface area contributed by atoms with E-state index in [0.29, 0.717) is 0 Å². The van der Waals surface area contributed by atoms with Gasteiger partial charge in [0.1, 0.15) is 10.9 Å². The van der Waals surface area contributed by atoms with Gasteiger partial charge < -0.3 is 10.0 Å². The number of anilines is 1. The van der Waals surface area contributed by atoms with E-state index in [1.54, 1.807) is 16.9 Å². The van der Waals surface area contributed by atoms with E-state index in [1.165, 1.54) is 16.2 Å². The molecule has 4 heterocycles. The van der Waals surface area contributed by atoms with Crippen molar-refractivity contribution < 1.29 is 5.11 Å². The van der Waals surface area contributed by atoms with Gasteiger partial charge in [0.2, 0.25) is 0 Å². The van der Waals surface area contributed by atoms with Crippen molar-refractivity contribution in [1.29, 1.82) is 5.26 Å². The Morgan fingerprint density at radius 1 is 1.25 bits per heavy atom. The third kappa shape index (κ3) is 4.27. The monoisotopic (exact) mass is 399 g/mol. The number of likely N-dealkylation sites (tertiary alicyclic amines) is 1. The number of aliphatic hydroxyl groups is 1. The molecule has 1 atom stereocenters. The Morgan fingerprint density at radius 3 is 2.79 bits per heavy atom. The minimum atomic E-state index is -0.231. The van der Waals surface area contributed by atoms with Crippen LogP contribution in [0.3, 0.4) is 0 Å².